The van der Waals surface area contributed by atoms with E-state index in [2.05, 4.69) is 41.0 Å². The smallest absolute Gasteiger partial charge is 0.309 e. The molecule has 1 N–H and O–H groups in total. The van der Waals surface area contributed by atoms with Crippen molar-refractivity contribution in [1.29, 1.82) is 0 Å². The lowest BCUT2D eigenvalue weighted by atomic mass is 10.2. The summed E-state index contributed by atoms with van der Waals surface area (Å²) >= 11 is 0. The lowest BCUT2D eigenvalue weighted by molar-refractivity contribution is -0.676. The van der Waals surface area contributed by atoms with Gasteiger partial charge in [-0.25, -0.2) is 4.57 Å². The number of hydrogen-bond acceptors (Lipinski definition) is 2. The van der Waals surface area contributed by atoms with Crippen molar-refractivity contribution < 1.29 is 22.1 Å². The van der Waals surface area contributed by atoms with Gasteiger partial charge in [0, 0.05) is 13.0 Å². The predicted molar refractivity (Wildman–Crippen MR) is 106 cm³/mol. The van der Waals surface area contributed by atoms with Crippen molar-refractivity contribution in [2.75, 3.05) is 6.61 Å². The lowest BCUT2D eigenvalue weighted by Gasteiger charge is -2.05. The minimum Gasteiger partial charge on any atom is -1.00 e. The summed E-state index contributed by atoms with van der Waals surface area (Å²) in [6.45, 7) is 0.837. The molecule has 28 heavy (non-hydrogen) atoms. The molecule has 0 aliphatic heterocycles. The summed E-state index contributed by atoms with van der Waals surface area (Å²) in [7, 11) is 0. The second-order valence-electron chi connectivity index (χ2n) is 6.36. The van der Waals surface area contributed by atoms with Crippen LogP contribution in [0.3, 0.4) is 0 Å². The van der Waals surface area contributed by atoms with E-state index in [4.69, 9.17) is 5.10 Å². The second kappa shape index (κ2) is 9.31. The van der Waals surface area contributed by atoms with Gasteiger partial charge in [-0.2, -0.15) is 0 Å². The molecule has 1 aromatic heterocycles. The predicted octanol–water partition coefficient (Wildman–Crippen LogP) is 0.880. The molecule has 0 aliphatic rings. The van der Waals surface area contributed by atoms with Gasteiger partial charge in [0.05, 0.1) is 22.8 Å². The van der Waals surface area contributed by atoms with Crippen molar-refractivity contribution in [3.63, 3.8) is 0 Å². The molecule has 0 spiro atoms. The van der Waals surface area contributed by atoms with Crippen LogP contribution in [-0.2, 0) is 6.54 Å². The summed E-state index contributed by atoms with van der Waals surface area (Å²) in [6.07, 6.45) is 0.671. The zero-order chi connectivity index (χ0) is 18.5. The average Bonchev–Trinajstić information content (AvgIpc) is 3.13. The lowest BCUT2D eigenvalue weighted by Crippen LogP contribution is -3.00. The van der Waals surface area contributed by atoms with Crippen molar-refractivity contribution >= 4 is 0 Å². The zero-order valence-corrected chi connectivity index (χ0v) is 16.2. The molecular weight excluding hydrogens is 370 g/mol. The maximum absolute atomic E-state index is 9.43. The highest BCUT2D eigenvalue weighted by molar-refractivity contribution is 5.59. The van der Waals surface area contributed by atoms with Crippen molar-refractivity contribution in [3.8, 4) is 28.5 Å². The molecule has 0 radical (unpaired) electrons. The van der Waals surface area contributed by atoms with Crippen molar-refractivity contribution in [2.24, 2.45) is 0 Å². The van der Waals surface area contributed by atoms with Gasteiger partial charge in [0.2, 0.25) is 0 Å². The molecule has 0 aliphatic carbocycles. The fourth-order valence-corrected chi connectivity index (χ4v) is 3.27. The van der Waals surface area contributed by atoms with Gasteiger partial charge >= 0.3 is 5.82 Å². The van der Waals surface area contributed by atoms with Gasteiger partial charge in [-0.05, 0) is 36.4 Å². The van der Waals surface area contributed by atoms with E-state index in [1.165, 1.54) is 0 Å². The highest BCUT2D eigenvalue weighted by Gasteiger charge is 2.28. The van der Waals surface area contributed by atoms with Crippen LogP contribution in [0.5, 0.6) is 0 Å². The monoisotopic (exact) mass is 391 g/mol. The van der Waals surface area contributed by atoms with E-state index in [-0.39, 0.29) is 19.0 Å². The molecule has 4 rings (SSSR count). The molecule has 1 heterocycles. The van der Waals surface area contributed by atoms with Crippen LogP contribution in [0.25, 0.3) is 28.5 Å². The summed E-state index contributed by atoms with van der Waals surface area (Å²) < 4.78 is 4.20. The minimum absolute atomic E-state index is 0. The van der Waals surface area contributed by atoms with E-state index in [1.54, 1.807) is 0 Å². The molecule has 5 heteroatoms. The summed E-state index contributed by atoms with van der Waals surface area (Å²) in [5.74, 6) is 1.90. The zero-order valence-electron chi connectivity index (χ0n) is 15.4. The number of rotatable bonds is 6. The summed E-state index contributed by atoms with van der Waals surface area (Å²) in [5.41, 5.74) is 3.16. The number of aliphatic hydroxyl groups is 1. The molecule has 0 atom stereocenters. The summed E-state index contributed by atoms with van der Waals surface area (Å²) in [5, 5.41) is 14.4. The highest BCUT2D eigenvalue weighted by atomic mass is 35.5. The van der Waals surface area contributed by atoms with Crippen LogP contribution in [0.15, 0.2) is 91.0 Å². The van der Waals surface area contributed by atoms with E-state index >= 15 is 0 Å². The first kappa shape index (κ1) is 19.8. The Labute approximate surface area is 171 Å². The van der Waals surface area contributed by atoms with Gasteiger partial charge < -0.3 is 17.5 Å². The topological polar surface area (TPSA) is 41.9 Å². The first-order valence-electron chi connectivity index (χ1n) is 9.18. The molecule has 4 nitrogen and oxygen atoms in total. The molecule has 4 aromatic rings. The second-order valence-corrected chi connectivity index (χ2v) is 6.36. The third-order valence-electron chi connectivity index (χ3n) is 4.51. The van der Waals surface area contributed by atoms with E-state index in [9.17, 15) is 5.11 Å². The number of nitrogens with zero attached hydrogens (tertiary/aromatic N) is 3. The Morgan fingerprint density at radius 3 is 1.86 bits per heavy atom. The number of para-hydroxylation sites is 1. The summed E-state index contributed by atoms with van der Waals surface area (Å²) in [6, 6.07) is 30.7. The van der Waals surface area contributed by atoms with E-state index < -0.39 is 0 Å². The van der Waals surface area contributed by atoms with Crippen LogP contribution < -0.4 is 17.0 Å². The molecule has 0 saturated heterocycles. The van der Waals surface area contributed by atoms with E-state index in [0.717, 1.165) is 28.5 Å². The number of hydrogen-bond donors (Lipinski definition) is 1. The first-order chi connectivity index (χ1) is 13.4. The Morgan fingerprint density at radius 2 is 1.29 bits per heavy atom. The molecular formula is C23H22ClN3O. The van der Waals surface area contributed by atoms with Gasteiger partial charge in [0.1, 0.15) is 5.69 Å². The third kappa shape index (κ3) is 3.98. The standard InChI is InChI=1S/C23H22N3O.ClH/c27-18-10-17-25-22(19-11-4-1-5-12-19)24-26(21-15-8-3-9-16-21)23(25)20-13-6-2-7-14-20;/h1-9,11-16,27H,10,17-18H2;1H/q+1;/p-1. The van der Waals surface area contributed by atoms with E-state index in [0.29, 0.717) is 13.0 Å². The Kier molecular flexibility index (Phi) is 6.58. The number of halogens is 1. The molecule has 142 valence electrons. The van der Waals surface area contributed by atoms with Gasteiger partial charge in [0.15, 0.2) is 0 Å². The fourth-order valence-electron chi connectivity index (χ4n) is 3.27. The molecule has 0 unspecified atom stereocenters. The van der Waals surface area contributed by atoms with Crippen LogP contribution in [-0.4, -0.2) is 21.5 Å². The average molecular weight is 392 g/mol. The van der Waals surface area contributed by atoms with Crippen molar-refractivity contribution in [2.45, 2.75) is 13.0 Å². The molecule has 3 aromatic carbocycles. The number of aromatic nitrogens is 3. The minimum atomic E-state index is 0. The maximum Gasteiger partial charge on any atom is 0.309 e. The van der Waals surface area contributed by atoms with Crippen LogP contribution in [0.1, 0.15) is 6.42 Å². The van der Waals surface area contributed by atoms with Crippen LogP contribution in [0.2, 0.25) is 0 Å². The third-order valence-corrected chi connectivity index (χ3v) is 4.51. The van der Waals surface area contributed by atoms with Gasteiger partial charge in [0.25, 0.3) is 5.82 Å². The van der Waals surface area contributed by atoms with Crippen LogP contribution >= 0.6 is 0 Å². The van der Waals surface area contributed by atoms with Crippen molar-refractivity contribution in [1.82, 2.24) is 9.78 Å². The van der Waals surface area contributed by atoms with Crippen molar-refractivity contribution in [3.05, 3.63) is 91.0 Å². The Balaban J connectivity index is 0.00000225. The normalized spacial score (nSPS) is 10.5. The van der Waals surface area contributed by atoms with Gasteiger partial charge in [-0.1, -0.05) is 59.3 Å². The number of aliphatic hydroxyl groups excluding tert-OH is 1. The Morgan fingerprint density at radius 1 is 0.750 bits per heavy atom. The maximum atomic E-state index is 9.43. The van der Waals surface area contributed by atoms with E-state index in [1.807, 2.05) is 59.3 Å². The van der Waals surface area contributed by atoms with Crippen LogP contribution in [0.4, 0.5) is 0 Å². The molecule has 0 saturated carbocycles. The fraction of sp³-hybridized carbons (Fsp3) is 0.130. The molecule has 0 amide bonds. The molecule has 0 fully saturated rings. The van der Waals surface area contributed by atoms with Gasteiger partial charge in [-0.3, -0.25) is 0 Å². The first-order valence-corrected chi connectivity index (χ1v) is 9.18. The number of benzene rings is 3. The largest absolute Gasteiger partial charge is 1.00 e. The van der Waals surface area contributed by atoms with Gasteiger partial charge in [-0.15, -0.1) is 0 Å². The Hall–Kier alpha value is -2.95. The quantitative estimate of drug-likeness (QED) is 0.496. The summed E-state index contributed by atoms with van der Waals surface area (Å²) in [4.78, 5) is 0. The molecule has 0 bridgehead atoms. The van der Waals surface area contributed by atoms with Crippen LogP contribution in [0, 0.1) is 0 Å². The highest BCUT2D eigenvalue weighted by Crippen LogP contribution is 2.24. The Bertz CT molecular complexity index is 1000. The SMILES string of the molecule is OCCC[n+]1c(-c2ccccc2)nn(-c2ccccc2)c1-c1ccccc1.[Cl-].